The molecule has 3 aromatic rings. The molecule has 0 aliphatic rings. The van der Waals surface area contributed by atoms with Crippen LogP contribution in [-0.4, -0.2) is 28.5 Å². The number of rotatable bonds is 6. The molecule has 30 heavy (non-hydrogen) atoms. The van der Waals surface area contributed by atoms with Crippen LogP contribution in [0.3, 0.4) is 0 Å². The van der Waals surface area contributed by atoms with E-state index in [4.69, 9.17) is 16.3 Å². The van der Waals surface area contributed by atoms with Crippen LogP contribution in [0.15, 0.2) is 71.6 Å². The van der Waals surface area contributed by atoms with Gasteiger partial charge in [0.15, 0.2) is 0 Å². The maximum Gasteiger partial charge on any atom is 0.264 e. The molecule has 0 heterocycles. The molecule has 0 saturated heterocycles. The topological polar surface area (TPSA) is 75.7 Å². The first-order valence-corrected chi connectivity index (χ1v) is 10.5. The highest BCUT2D eigenvalue weighted by Crippen LogP contribution is 2.28. The first-order valence-electron chi connectivity index (χ1n) is 8.72. The van der Waals surface area contributed by atoms with Gasteiger partial charge in [-0.3, -0.25) is 9.10 Å². The highest BCUT2D eigenvalue weighted by molar-refractivity contribution is 7.92. The lowest BCUT2D eigenvalue weighted by molar-refractivity contribution is 0.102. The van der Waals surface area contributed by atoms with Crippen molar-refractivity contribution in [3.8, 4) is 5.75 Å². The molecular formula is C21H18ClFN2O4S. The Kier molecular flexibility index (Phi) is 6.28. The summed E-state index contributed by atoms with van der Waals surface area (Å²) in [6.07, 6.45) is 0. The summed E-state index contributed by atoms with van der Waals surface area (Å²) >= 11 is 6.06. The number of methoxy groups -OCH3 is 1. The number of benzene rings is 3. The van der Waals surface area contributed by atoms with Crippen molar-refractivity contribution in [3.05, 3.63) is 83.1 Å². The fourth-order valence-electron chi connectivity index (χ4n) is 2.74. The van der Waals surface area contributed by atoms with E-state index in [1.807, 2.05) is 0 Å². The monoisotopic (exact) mass is 448 g/mol. The van der Waals surface area contributed by atoms with Gasteiger partial charge in [0.05, 0.1) is 22.7 Å². The van der Waals surface area contributed by atoms with Crippen LogP contribution in [0.5, 0.6) is 5.75 Å². The van der Waals surface area contributed by atoms with Crippen LogP contribution in [-0.2, 0) is 10.0 Å². The van der Waals surface area contributed by atoms with Crippen molar-refractivity contribution in [2.24, 2.45) is 0 Å². The fourth-order valence-corrected chi connectivity index (χ4v) is 4.25. The lowest BCUT2D eigenvalue weighted by atomic mass is 10.2. The maximum absolute atomic E-state index is 14.0. The number of para-hydroxylation sites is 1. The predicted octanol–water partition coefficient (Wildman–Crippen LogP) is 4.57. The van der Waals surface area contributed by atoms with Gasteiger partial charge in [-0.1, -0.05) is 29.8 Å². The van der Waals surface area contributed by atoms with Crippen LogP contribution >= 0.6 is 11.6 Å². The van der Waals surface area contributed by atoms with E-state index in [1.54, 1.807) is 12.1 Å². The standard InChI is InChI=1S/C21H18ClFN2O4S/c1-25(19-9-4-3-8-18(19)23)30(27,28)16-7-5-6-14(12-16)21(26)24-15-10-11-20(29-2)17(22)13-15/h3-13H,1-2H3,(H,24,26). The van der Waals surface area contributed by atoms with E-state index in [9.17, 15) is 17.6 Å². The van der Waals surface area contributed by atoms with E-state index >= 15 is 0 Å². The third-order valence-electron chi connectivity index (χ3n) is 4.36. The van der Waals surface area contributed by atoms with Crippen LogP contribution in [0.25, 0.3) is 0 Å². The van der Waals surface area contributed by atoms with E-state index < -0.39 is 21.7 Å². The quantitative estimate of drug-likeness (QED) is 0.599. The molecule has 0 atom stereocenters. The second kappa shape index (κ2) is 8.73. The first kappa shape index (κ1) is 21.6. The summed E-state index contributed by atoms with van der Waals surface area (Å²) in [6.45, 7) is 0. The predicted molar refractivity (Wildman–Crippen MR) is 114 cm³/mol. The summed E-state index contributed by atoms with van der Waals surface area (Å²) in [7, 11) is -1.36. The first-order chi connectivity index (χ1) is 14.2. The number of halogens is 2. The molecule has 0 aliphatic heterocycles. The van der Waals surface area contributed by atoms with Crippen LogP contribution in [0, 0.1) is 5.82 Å². The molecule has 0 aromatic heterocycles. The molecule has 6 nitrogen and oxygen atoms in total. The number of anilines is 2. The highest BCUT2D eigenvalue weighted by atomic mass is 35.5. The third kappa shape index (κ3) is 4.39. The van der Waals surface area contributed by atoms with Gasteiger partial charge in [0.1, 0.15) is 11.6 Å². The van der Waals surface area contributed by atoms with E-state index in [0.717, 1.165) is 4.31 Å². The van der Waals surface area contributed by atoms with Gasteiger partial charge in [-0.2, -0.15) is 0 Å². The summed E-state index contributed by atoms with van der Waals surface area (Å²) in [5, 5.41) is 2.97. The Bertz CT molecular complexity index is 1200. The minimum Gasteiger partial charge on any atom is -0.495 e. The molecule has 0 fully saturated rings. The van der Waals surface area contributed by atoms with Crippen LogP contribution < -0.4 is 14.4 Å². The van der Waals surface area contributed by atoms with E-state index in [1.165, 1.54) is 68.8 Å². The number of ether oxygens (including phenoxy) is 1. The average molecular weight is 449 g/mol. The Morgan fingerprint density at radius 2 is 1.80 bits per heavy atom. The molecule has 1 amide bonds. The molecule has 0 saturated carbocycles. The Morgan fingerprint density at radius 3 is 2.47 bits per heavy atom. The Balaban J connectivity index is 1.87. The van der Waals surface area contributed by atoms with E-state index in [-0.39, 0.29) is 16.1 Å². The van der Waals surface area contributed by atoms with Gasteiger partial charge >= 0.3 is 0 Å². The SMILES string of the molecule is COc1ccc(NC(=O)c2cccc(S(=O)(=O)N(C)c3ccccc3F)c2)cc1Cl. The summed E-state index contributed by atoms with van der Waals surface area (Å²) in [6, 6.07) is 15.7. The third-order valence-corrected chi connectivity index (χ3v) is 6.42. The maximum atomic E-state index is 14.0. The van der Waals surface area contributed by atoms with Crippen molar-refractivity contribution >= 4 is 38.9 Å². The van der Waals surface area contributed by atoms with Crippen molar-refractivity contribution in [1.29, 1.82) is 0 Å². The molecule has 0 bridgehead atoms. The van der Waals surface area contributed by atoms with E-state index in [0.29, 0.717) is 16.5 Å². The zero-order valence-corrected chi connectivity index (χ0v) is 17.7. The van der Waals surface area contributed by atoms with Gasteiger partial charge in [0.25, 0.3) is 15.9 Å². The normalized spacial score (nSPS) is 11.1. The molecule has 3 aromatic carbocycles. The van der Waals surface area contributed by atoms with Crippen LogP contribution in [0.1, 0.15) is 10.4 Å². The fraction of sp³-hybridized carbons (Fsp3) is 0.0952. The summed E-state index contributed by atoms with van der Waals surface area (Å²) in [5.41, 5.74) is 0.438. The van der Waals surface area contributed by atoms with Crippen molar-refractivity contribution in [2.75, 3.05) is 23.8 Å². The smallest absolute Gasteiger partial charge is 0.264 e. The van der Waals surface area contributed by atoms with Gasteiger partial charge in [0, 0.05) is 18.3 Å². The van der Waals surface area contributed by atoms with Crippen LogP contribution in [0.2, 0.25) is 5.02 Å². The second-order valence-electron chi connectivity index (χ2n) is 6.26. The molecule has 156 valence electrons. The Labute approximate surface area is 178 Å². The second-order valence-corrected chi connectivity index (χ2v) is 8.63. The number of hydrogen-bond acceptors (Lipinski definition) is 4. The van der Waals surface area contributed by atoms with Crippen LogP contribution in [0.4, 0.5) is 15.8 Å². The zero-order valence-electron chi connectivity index (χ0n) is 16.1. The van der Waals surface area contributed by atoms with Gasteiger partial charge in [-0.15, -0.1) is 0 Å². The molecular weight excluding hydrogens is 431 g/mol. The molecule has 0 radical (unpaired) electrons. The number of nitrogens with one attached hydrogen (secondary N) is 1. The minimum atomic E-state index is -4.08. The number of carbonyl (C=O) groups excluding carboxylic acids is 1. The van der Waals surface area contributed by atoms with Crippen molar-refractivity contribution in [3.63, 3.8) is 0 Å². The average Bonchev–Trinajstić information content (AvgIpc) is 2.74. The van der Waals surface area contributed by atoms with Gasteiger partial charge in [-0.05, 0) is 48.5 Å². The van der Waals surface area contributed by atoms with E-state index in [2.05, 4.69) is 5.32 Å². The molecule has 0 unspecified atom stereocenters. The van der Waals surface area contributed by atoms with Crippen molar-refractivity contribution in [1.82, 2.24) is 0 Å². The molecule has 9 heteroatoms. The number of nitrogens with zero attached hydrogens (tertiary/aromatic N) is 1. The van der Waals surface area contributed by atoms with Gasteiger partial charge in [-0.25, -0.2) is 12.8 Å². The lowest BCUT2D eigenvalue weighted by Gasteiger charge is -2.20. The number of carbonyl (C=O) groups is 1. The Morgan fingerprint density at radius 1 is 1.07 bits per heavy atom. The van der Waals surface area contributed by atoms with Crippen molar-refractivity contribution in [2.45, 2.75) is 4.90 Å². The van der Waals surface area contributed by atoms with Crippen molar-refractivity contribution < 1.29 is 22.3 Å². The molecule has 1 N–H and O–H groups in total. The van der Waals surface area contributed by atoms with Gasteiger partial charge < -0.3 is 10.1 Å². The highest BCUT2D eigenvalue weighted by Gasteiger charge is 2.24. The summed E-state index contributed by atoms with van der Waals surface area (Å²) in [4.78, 5) is 12.5. The minimum absolute atomic E-state index is 0.0970. The number of sulfonamides is 1. The number of hydrogen-bond donors (Lipinski definition) is 1. The number of amides is 1. The zero-order chi connectivity index (χ0) is 21.9. The largest absolute Gasteiger partial charge is 0.495 e. The summed E-state index contributed by atoms with van der Waals surface area (Å²) in [5.74, 6) is -0.741. The van der Waals surface area contributed by atoms with Gasteiger partial charge in [0.2, 0.25) is 0 Å². The Hall–Kier alpha value is -3.10. The molecule has 0 spiro atoms. The lowest BCUT2D eigenvalue weighted by Crippen LogP contribution is -2.27. The molecule has 3 rings (SSSR count). The summed E-state index contributed by atoms with van der Waals surface area (Å²) < 4.78 is 45.8. The molecule has 0 aliphatic carbocycles.